The minimum absolute atomic E-state index is 0.0624. The number of aromatic nitrogens is 4. The van der Waals surface area contributed by atoms with E-state index in [0.29, 0.717) is 23.6 Å². The molecular formula is C13H13F3N6. The number of halogens is 3. The molecule has 0 aromatic carbocycles. The summed E-state index contributed by atoms with van der Waals surface area (Å²) in [7, 11) is 0. The van der Waals surface area contributed by atoms with Gasteiger partial charge in [-0.25, -0.2) is 19.9 Å². The molecule has 0 spiro atoms. The van der Waals surface area contributed by atoms with Crippen molar-refractivity contribution in [3.63, 3.8) is 0 Å². The lowest BCUT2D eigenvalue weighted by Gasteiger charge is -2.26. The summed E-state index contributed by atoms with van der Waals surface area (Å²) in [5, 5.41) is 0. The molecule has 3 rings (SSSR count). The predicted octanol–water partition coefficient (Wildman–Crippen LogP) is 2.05. The summed E-state index contributed by atoms with van der Waals surface area (Å²) in [6, 6.07) is 0.0126. The van der Waals surface area contributed by atoms with Crippen LogP contribution in [-0.2, 0) is 0 Å². The second kappa shape index (κ2) is 5.39. The highest BCUT2D eigenvalue weighted by Crippen LogP contribution is 2.34. The Kier molecular flexibility index (Phi) is 3.55. The summed E-state index contributed by atoms with van der Waals surface area (Å²) in [6.45, 7) is 0.290. The van der Waals surface area contributed by atoms with Gasteiger partial charge in [0.25, 0.3) is 0 Å². The summed E-state index contributed by atoms with van der Waals surface area (Å²) >= 11 is 0. The molecule has 1 aliphatic rings. The third kappa shape index (κ3) is 2.78. The molecule has 1 aliphatic heterocycles. The van der Waals surface area contributed by atoms with Crippen LogP contribution >= 0.6 is 0 Å². The lowest BCUT2D eigenvalue weighted by atomic mass is 10.2. The molecule has 1 unspecified atom stereocenters. The Morgan fingerprint density at radius 3 is 2.55 bits per heavy atom. The molecule has 1 fully saturated rings. The van der Waals surface area contributed by atoms with Gasteiger partial charge in [-0.2, -0.15) is 13.2 Å². The average Bonchev–Trinajstić information content (AvgIpc) is 2.97. The van der Waals surface area contributed by atoms with Crippen molar-refractivity contribution in [1.82, 2.24) is 19.9 Å². The van der Waals surface area contributed by atoms with E-state index in [1.165, 1.54) is 29.6 Å². The maximum absolute atomic E-state index is 13.0. The Morgan fingerprint density at radius 1 is 1.18 bits per heavy atom. The largest absolute Gasteiger partial charge is 0.408 e. The van der Waals surface area contributed by atoms with E-state index in [4.69, 9.17) is 5.73 Å². The molecular weight excluding hydrogens is 297 g/mol. The quantitative estimate of drug-likeness (QED) is 0.914. The van der Waals surface area contributed by atoms with Crippen LogP contribution in [0, 0.1) is 0 Å². The Labute approximate surface area is 124 Å². The van der Waals surface area contributed by atoms with Gasteiger partial charge < -0.3 is 10.6 Å². The lowest BCUT2D eigenvalue weighted by Crippen LogP contribution is -2.42. The highest BCUT2D eigenvalue weighted by molar-refractivity contribution is 5.55. The number of hydrogen-bond donors (Lipinski definition) is 1. The third-order valence-corrected chi connectivity index (χ3v) is 3.46. The Balaban J connectivity index is 1.85. The molecule has 9 heteroatoms. The van der Waals surface area contributed by atoms with Crippen LogP contribution in [-0.4, -0.2) is 38.7 Å². The minimum atomic E-state index is -4.28. The minimum Gasteiger partial charge on any atom is -0.384 e. The van der Waals surface area contributed by atoms with Crippen LogP contribution in [0.5, 0.6) is 0 Å². The third-order valence-electron chi connectivity index (χ3n) is 3.46. The number of alkyl halides is 3. The van der Waals surface area contributed by atoms with E-state index in [9.17, 15) is 13.2 Å². The average molecular weight is 310 g/mol. The molecule has 2 N–H and O–H groups in total. The van der Waals surface area contributed by atoms with E-state index >= 15 is 0 Å². The van der Waals surface area contributed by atoms with Crippen molar-refractivity contribution in [2.75, 3.05) is 17.2 Å². The van der Waals surface area contributed by atoms with Crippen LogP contribution < -0.4 is 10.6 Å². The first kappa shape index (κ1) is 14.5. The normalized spacial score (nSPS) is 18.7. The highest BCUT2D eigenvalue weighted by atomic mass is 19.4. The van der Waals surface area contributed by atoms with Crippen molar-refractivity contribution in [1.29, 1.82) is 0 Å². The van der Waals surface area contributed by atoms with Crippen molar-refractivity contribution < 1.29 is 13.2 Å². The molecule has 1 atom stereocenters. The maximum atomic E-state index is 13.0. The standard InChI is InChI=1S/C13H13F3N6/c14-13(15,16)9-2-1-5-22(9)12-19-6-8(7-20-12)11-18-4-3-10(17)21-11/h3-4,6-7,9H,1-2,5H2,(H2,17,18,21). The lowest BCUT2D eigenvalue weighted by molar-refractivity contribution is -0.146. The van der Waals surface area contributed by atoms with Gasteiger partial charge in [-0.1, -0.05) is 0 Å². The summed E-state index contributed by atoms with van der Waals surface area (Å²) in [5.41, 5.74) is 6.07. The molecule has 3 heterocycles. The number of nitrogens with zero attached hydrogens (tertiary/aromatic N) is 5. The first-order valence-corrected chi connectivity index (χ1v) is 6.69. The fourth-order valence-corrected chi connectivity index (χ4v) is 2.44. The van der Waals surface area contributed by atoms with E-state index in [1.54, 1.807) is 0 Å². The number of nitrogens with two attached hydrogens (primary N) is 1. The number of anilines is 2. The van der Waals surface area contributed by atoms with E-state index in [2.05, 4.69) is 19.9 Å². The van der Waals surface area contributed by atoms with Crippen LogP contribution in [0.1, 0.15) is 12.8 Å². The molecule has 2 aromatic rings. The van der Waals surface area contributed by atoms with E-state index in [1.807, 2.05) is 0 Å². The predicted molar refractivity (Wildman–Crippen MR) is 73.9 cm³/mol. The van der Waals surface area contributed by atoms with Crippen molar-refractivity contribution in [2.45, 2.75) is 25.1 Å². The summed E-state index contributed by atoms with van der Waals surface area (Å²) in [4.78, 5) is 17.3. The fraction of sp³-hybridized carbons (Fsp3) is 0.385. The topological polar surface area (TPSA) is 80.8 Å². The van der Waals surface area contributed by atoms with Gasteiger partial charge in [-0.3, -0.25) is 0 Å². The number of hydrogen-bond acceptors (Lipinski definition) is 6. The summed E-state index contributed by atoms with van der Waals surface area (Å²) in [6.07, 6.45) is 0.549. The van der Waals surface area contributed by atoms with Crippen molar-refractivity contribution in [3.8, 4) is 11.4 Å². The molecule has 22 heavy (non-hydrogen) atoms. The molecule has 0 bridgehead atoms. The van der Waals surface area contributed by atoms with Gasteiger partial charge in [0.15, 0.2) is 5.82 Å². The zero-order chi connectivity index (χ0) is 15.7. The van der Waals surface area contributed by atoms with E-state index < -0.39 is 12.2 Å². The Morgan fingerprint density at radius 2 is 1.91 bits per heavy atom. The van der Waals surface area contributed by atoms with Crippen LogP contribution in [0.3, 0.4) is 0 Å². The van der Waals surface area contributed by atoms with E-state index in [-0.39, 0.29) is 18.9 Å². The number of nitrogen functional groups attached to an aromatic ring is 1. The maximum Gasteiger partial charge on any atom is 0.408 e. The Hall–Kier alpha value is -2.45. The highest BCUT2D eigenvalue weighted by Gasteiger charge is 2.46. The van der Waals surface area contributed by atoms with Crippen molar-refractivity contribution >= 4 is 11.8 Å². The molecule has 116 valence electrons. The van der Waals surface area contributed by atoms with Gasteiger partial charge in [0, 0.05) is 25.1 Å². The summed E-state index contributed by atoms with van der Waals surface area (Å²) in [5.74, 6) is 0.693. The first-order valence-electron chi connectivity index (χ1n) is 6.69. The van der Waals surface area contributed by atoms with Gasteiger partial charge in [0.1, 0.15) is 11.9 Å². The van der Waals surface area contributed by atoms with Crippen LogP contribution in [0.15, 0.2) is 24.7 Å². The molecule has 0 radical (unpaired) electrons. The van der Waals surface area contributed by atoms with E-state index in [0.717, 1.165) is 0 Å². The molecule has 0 saturated carbocycles. The SMILES string of the molecule is Nc1ccnc(-c2cnc(N3CCCC3C(F)(F)F)nc2)n1. The molecule has 0 amide bonds. The van der Waals surface area contributed by atoms with Crippen LogP contribution in [0.4, 0.5) is 24.9 Å². The van der Waals surface area contributed by atoms with Crippen molar-refractivity contribution in [2.24, 2.45) is 0 Å². The van der Waals surface area contributed by atoms with Gasteiger partial charge in [-0.05, 0) is 18.9 Å². The Bertz CT molecular complexity index is 658. The molecule has 1 saturated heterocycles. The fourth-order valence-electron chi connectivity index (χ4n) is 2.44. The van der Waals surface area contributed by atoms with Gasteiger partial charge in [0.05, 0.1) is 5.56 Å². The molecule has 2 aromatic heterocycles. The second-order valence-corrected chi connectivity index (χ2v) is 4.97. The van der Waals surface area contributed by atoms with Crippen LogP contribution in [0.25, 0.3) is 11.4 Å². The summed E-state index contributed by atoms with van der Waals surface area (Å²) < 4.78 is 38.9. The zero-order valence-electron chi connectivity index (χ0n) is 11.5. The van der Waals surface area contributed by atoms with Gasteiger partial charge in [-0.15, -0.1) is 0 Å². The molecule has 0 aliphatic carbocycles. The smallest absolute Gasteiger partial charge is 0.384 e. The molecule has 6 nitrogen and oxygen atoms in total. The number of rotatable bonds is 2. The monoisotopic (exact) mass is 310 g/mol. The second-order valence-electron chi connectivity index (χ2n) is 4.97. The van der Waals surface area contributed by atoms with Crippen LogP contribution in [0.2, 0.25) is 0 Å². The van der Waals surface area contributed by atoms with Crippen molar-refractivity contribution in [3.05, 3.63) is 24.7 Å². The zero-order valence-corrected chi connectivity index (χ0v) is 11.5. The van der Waals surface area contributed by atoms with Gasteiger partial charge >= 0.3 is 6.18 Å². The first-order chi connectivity index (χ1) is 10.4. The van der Waals surface area contributed by atoms with Gasteiger partial charge in [0.2, 0.25) is 5.95 Å².